The van der Waals surface area contributed by atoms with Crippen LogP contribution in [0.15, 0.2) is 12.1 Å². The van der Waals surface area contributed by atoms with E-state index in [0.717, 1.165) is 0 Å². The first-order valence-corrected chi connectivity index (χ1v) is 4.26. The van der Waals surface area contributed by atoms with Gasteiger partial charge in [-0.3, -0.25) is 0 Å². The summed E-state index contributed by atoms with van der Waals surface area (Å²) in [4.78, 5) is 3.94. The van der Waals surface area contributed by atoms with E-state index in [2.05, 4.69) is 4.98 Å². The van der Waals surface area contributed by atoms with Gasteiger partial charge in [-0.15, -0.1) is 0 Å². The Bertz CT molecular complexity index is 317. The molecule has 0 aliphatic heterocycles. The summed E-state index contributed by atoms with van der Waals surface area (Å²) in [5, 5.41) is 27.4. The average molecular weight is 198 g/mol. The standard InChI is InChI=1S/C9H14N2O3/c1-5-6(2-3-8(10)11-5)9(14)7(13)4-12/h2-3,7,9,12-14H,4H2,1H3,(H2,10,11). The molecule has 1 heterocycles. The zero-order valence-electron chi connectivity index (χ0n) is 7.88. The summed E-state index contributed by atoms with van der Waals surface area (Å²) < 4.78 is 0. The van der Waals surface area contributed by atoms with Gasteiger partial charge in [-0.25, -0.2) is 4.98 Å². The van der Waals surface area contributed by atoms with Gasteiger partial charge < -0.3 is 21.1 Å². The molecule has 0 aliphatic carbocycles. The molecule has 0 spiro atoms. The van der Waals surface area contributed by atoms with Gasteiger partial charge in [0.15, 0.2) is 0 Å². The molecule has 5 heteroatoms. The second kappa shape index (κ2) is 4.36. The van der Waals surface area contributed by atoms with Crippen molar-refractivity contribution in [3.8, 4) is 0 Å². The van der Waals surface area contributed by atoms with Crippen LogP contribution in [0, 0.1) is 6.92 Å². The Morgan fingerprint density at radius 2 is 2.07 bits per heavy atom. The predicted molar refractivity (Wildman–Crippen MR) is 51.4 cm³/mol. The number of aromatic nitrogens is 1. The molecule has 1 rings (SSSR count). The Morgan fingerprint density at radius 1 is 1.43 bits per heavy atom. The third-order valence-electron chi connectivity index (χ3n) is 2.02. The molecule has 0 amide bonds. The number of anilines is 1. The maximum Gasteiger partial charge on any atom is 0.123 e. The summed E-state index contributed by atoms with van der Waals surface area (Å²) in [5.41, 5.74) is 6.45. The number of nitrogen functional groups attached to an aromatic ring is 1. The highest BCUT2D eigenvalue weighted by Crippen LogP contribution is 2.20. The maximum absolute atomic E-state index is 9.57. The molecule has 0 saturated carbocycles. The Hall–Kier alpha value is -1.17. The number of hydrogen-bond donors (Lipinski definition) is 4. The summed E-state index contributed by atoms with van der Waals surface area (Å²) in [6, 6.07) is 3.12. The van der Waals surface area contributed by atoms with Crippen molar-refractivity contribution >= 4 is 5.82 Å². The van der Waals surface area contributed by atoms with Crippen LogP contribution in [0.2, 0.25) is 0 Å². The third-order valence-corrected chi connectivity index (χ3v) is 2.02. The predicted octanol–water partition coefficient (Wildman–Crippen LogP) is -0.641. The summed E-state index contributed by atoms with van der Waals surface area (Å²) in [6.07, 6.45) is -2.33. The maximum atomic E-state index is 9.57. The van der Waals surface area contributed by atoms with E-state index < -0.39 is 18.8 Å². The van der Waals surface area contributed by atoms with E-state index in [-0.39, 0.29) is 0 Å². The number of aryl methyl sites for hydroxylation is 1. The average Bonchev–Trinajstić information content (AvgIpc) is 2.15. The lowest BCUT2D eigenvalue weighted by atomic mass is 10.0. The molecule has 2 atom stereocenters. The zero-order valence-corrected chi connectivity index (χ0v) is 7.88. The van der Waals surface area contributed by atoms with Gasteiger partial charge in [-0.05, 0) is 13.0 Å². The topological polar surface area (TPSA) is 99.6 Å². The van der Waals surface area contributed by atoms with Crippen LogP contribution in [-0.2, 0) is 0 Å². The van der Waals surface area contributed by atoms with Gasteiger partial charge in [0, 0.05) is 11.3 Å². The first kappa shape index (κ1) is 10.9. The van der Waals surface area contributed by atoms with E-state index in [9.17, 15) is 10.2 Å². The lowest BCUT2D eigenvalue weighted by Gasteiger charge is -2.17. The van der Waals surface area contributed by atoms with Gasteiger partial charge in [-0.2, -0.15) is 0 Å². The Morgan fingerprint density at radius 3 is 2.57 bits per heavy atom. The summed E-state index contributed by atoms with van der Waals surface area (Å²) >= 11 is 0. The van der Waals surface area contributed by atoms with Crippen LogP contribution in [0.5, 0.6) is 0 Å². The Kier molecular flexibility index (Phi) is 3.40. The van der Waals surface area contributed by atoms with Gasteiger partial charge in [0.25, 0.3) is 0 Å². The molecule has 5 nitrogen and oxygen atoms in total. The third kappa shape index (κ3) is 2.20. The number of nitrogens with two attached hydrogens (primary N) is 1. The van der Waals surface area contributed by atoms with Crippen molar-refractivity contribution in [1.82, 2.24) is 4.98 Å². The smallest absolute Gasteiger partial charge is 0.123 e. The van der Waals surface area contributed by atoms with E-state index >= 15 is 0 Å². The lowest BCUT2D eigenvalue weighted by Crippen LogP contribution is -2.23. The van der Waals surface area contributed by atoms with Crippen molar-refractivity contribution in [2.45, 2.75) is 19.1 Å². The molecule has 0 saturated heterocycles. The quantitative estimate of drug-likeness (QED) is 0.517. The first-order chi connectivity index (χ1) is 6.56. The number of rotatable bonds is 3. The first-order valence-electron chi connectivity index (χ1n) is 4.26. The number of pyridine rings is 1. The zero-order chi connectivity index (χ0) is 10.7. The van der Waals surface area contributed by atoms with Crippen LogP contribution in [0.3, 0.4) is 0 Å². The minimum atomic E-state index is -1.20. The van der Waals surface area contributed by atoms with Crippen LogP contribution in [-0.4, -0.2) is 33.0 Å². The summed E-state index contributed by atoms with van der Waals surface area (Å²) in [6.45, 7) is 1.18. The van der Waals surface area contributed by atoms with Gasteiger partial charge in [0.1, 0.15) is 18.0 Å². The largest absolute Gasteiger partial charge is 0.394 e. The van der Waals surface area contributed by atoms with Gasteiger partial charge >= 0.3 is 0 Å². The molecular weight excluding hydrogens is 184 g/mol. The number of aliphatic hydroxyl groups is 3. The van der Waals surface area contributed by atoms with Gasteiger partial charge in [0.05, 0.1) is 6.61 Å². The van der Waals surface area contributed by atoms with Crippen LogP contribution in [0.25, 0.3) is 0 Å². The minimum absolute atomic E-state index is 0.358. The van der Waals surface area contributed by atoms with Crippen LogP contribution < -0.4 is 5.73 Å². The normalized spacial score (nSPS) is 15.1. The molecule has 1 aromatic rings. The van der Waals surface area contributed by atoms with Crippen molar-refractivity contribution in [2.24, 2.45) is 0 Å². The Labute approximate surface area is 81.8 Å². The number of hydrogen-bond acceptors (Lipinski definition) is 5. The molecule has 0 fully saturated rings. The van der Waals surface area contributed by atoms with E-state index in [4.69, 9.17) is 10.8 Å². The van der Waals surface area contributed by atoms with Gasteiger partial charge in [-0.1, -0.05) is 6.07 Å². The summed E-state index contributed by atoms with van der Waals surface area (Å²) in [5.74, 6) is 0.358. The molecule has 0 bridgehead atoms. The van der Waals surface area contributed by atoms with Crippen LogP contribution >= 0.6 is 0 Å². The van der Waals surface area contributed by atoms with Crippen molar-refractivity contribution in [3.05, 3.63) is 23.4 Å². The van der Waals surface area contributed by atoms with Gasteiger partial charge in [0.2, 0.25) is 0 Å². The Balaban J connectivity index is 2.95. The van der Waals surface area contributed by atoms with E-state index in [1.807, 2.05) is 0 Å². The second-order valence-corrected chi connectivity index (χ2v) is 3.11. The van der Waals surface area contributed by atoms with Crippen LogP contribution in [0.1, 0.15) is 17.4 Å². The van der Waals surface area contributed by atoms with E-state index in [1.54, 1.807) is 13.0 Å². The molecule has 0 radical (unpaired) electrons. The molecule has 14 heavy (non-hydrogen) atoms. The van der Waals surface area contributed by atoms with E-state index in [1.165, 1.54) is 6.07 Å². The van der Waals surface area contributed by atoms with E-state index in [0.29, 0.717) is 17.1 Å². The fourth-order valence-corrected chi connectivity index (χ4v) is 1.21. The van der Waals surface area contributed by atoms with Crippen molar-refractivity contribution in [1.29, 1.82) is 0 Å². The highest BCUT2D eigenvalue weighted by molar-refractivity contribution is 5.35. The molecule has 5 N–H and O–H groups in total. The monoisotopic (exact) mass is 198 g/mol. The second-order valence-electron chi connectivity index (χ2n) is 3.11. The molecule has 78 valence electrons. The molecule has 0 aliphatic rings. The number of aliphatic hydroxyl groups excluding tert-OH is 3. The highest BCUT2D eigenvalue weighted by atomic mass is 16.4. The van der Waals surface area contributed by atoms with Crippen molar-refractivity contribution in [2.75, 3.05) is 12.3 Å². The van der Waals surface area contributed by atoms with Crippen molar-refractivity contribution in [3.63, 3.8) is 0 Å². The number of nitrogens with zero attached hydrogens (tertiary/aromatic N) is 1. The molecular formula is C9H14N2O3. The fraction of sp³-hybridized carbons (Fsp3) is 0.444. The molecule has 0 aromatic carbocycles. The van der Waals surface area contributed by atoms with Crippen LogP contribution in [0.4, 0.5) is 5.82 Å². The molecule has 1 aromatic heterocycles. The minimum Gasteiger partial charge on any atom is -0.394 e. The SMILES string of the molecule is Cc1nc(N)ccc1C(O)C(O)CO. The van der Waals surface area contributed by atoms with Crippen molar-refractivity contribution < 1.29 is 15.3 Å². The molecule has 2 unspecified atom stereocenters. The summed E-state index contributed by atoms with van der Waals surface area (Å²) in [7, 11) is 0. The lowest BCUT2D eigenvalue weighted by molar-refractivity contribution is -0.0157. The fourth-order valence-electron chi connectivity index (χ4n) is 1.21. The highest BCUT2D eigenvalue weighted by Gasteiger charge is 2.19.